The normalized spacial score (nSPS) is 11.2. The number of fused-ring (bicyclic) bond motifs is 1. The molecular formula is C13H9N5S. The number of rotatable bonds is 2. The van der Waals surface area contributed by atoms with Gasteiger partial charge in [-0.25, -0.2) is 15.0 Å². The second-order valence-corrected chi connectivity index (χ2v) is 4.96. The standard InChI is InChI=1S/C13H9N5S/c1-2-15-12-9(1)5-10(6-16-12)11-7-19-13(17-11)18-4-3-14-8-18/h1-8H,(H,15,16). The summed E-state index contributed by atoms with van der Waals surface area (Å²) in [7, 11) is 0. The second kappa shape index (κ2) is 4.03. The first-order valence-electron chi connectivity index (χ1n) is 5.77. The van der Waals surface area contributed by atoms with Gasteiger partial charge < -0.3 is 4.98 Å². The van der Waals surface area contributed by atoms with Crippen molar-refractivity contribution in [3.05, 3.63) is 48.6 Å². The van der Waals surface area contributed by atoms with Crippen molar-refractivity contribution in [2.75, 3.05) is 0 Å². The highest BCUT2D eigenvalue weighted by atomic mass is 32.1. The molecule has 0 amide bonds. The van der Waals surface area contributed by atoms with E-state index in [1.807, 2.05) is 34.6 Å². The molecule has 0 aromatic carbocycles. The number of thiazole rings is 1. The third-order valence-corrected chi connectivity index (χ3v) is 3.77. The van der Waals surface area contributed by atoms with Crippen LogP contribution in [0.15, 0.2) is 48.6 Å². The number of aromatic amines is 1. The molecule has 4 rings (SSSR count). The summed E-state index contributed by atoms with van der Waals surface area (Å²) in [6.07, 6.45) is 9.10. The zero-order valence-corrected chi connectivity index (χ0v) is 10.6. The number of nitrogens with one attached hydrogen (secondary N) is 1. The van der Waals surface area contributed by atoms with Gasteiger partial charge in [0.1, 0.15) is 12.0 Å². The van der Waals surface area contributed by atoms with E-state index in [9.17, 15) is 0 Å². The average Bonchev–Trinajstić information content (AvgIpc) is 3.18. The lowest BCUT2D eigenvalue weighted by Crippen LogP contribution is -1.88. The molecule has 0 unspecified atom stereocenters. The Labute approximate surface area is 112 Å². The van der Waals surface area contributed by atoms with E-state index in [1.54, 1.807) is 23.9 Å². The summed E-state index contributed by atoms with van der Waals surface area (Å²) >= 11 is 1.59. The van der Waals surface area contributed by atoms with E-state index in [1.165, 1.54) is 0 Å². The molecule has 4 aromatic rings. The zero-order chi connectivity index (χ0) is 12.7. The van der Waals surface area contributed by atoms with Crippen molar-refractivity contribution in [2.45, 2.75) is 0 Å². The average molecular weight is 267 g/mol. The van der Waals surface area contributed by atoms with E-state index < -0.39 is 0 Å². The van der Waals surface area contributed by atoms with Crippen molar-refractivity contribution in [3.63, 3.8) is 0 Å². The highest BCUT2D eigenvalue weighted by molar-refractivity contribution is 7.12. The summed E-state index contributed by atoms with van der Waals surface area (Å²) in [5.41, 5.74) is 2.85. The Kier molecular flexibility index (Phi) is 2.22. The molecule has 0 radical (unpaired) electrons. The molecule has 0 aliphatic heterocycles. The Balaban J connectivity index is 1.79. The van der Waals surface area contributed by atoms with Gasteiger partial charge in [0.2, 0.25) is 0 Å². The van der Waals surface area contributed by atoms with E-state index in [0.29, 0.717) is 0 Å². The lowest BCUT2D eigenvalue weighted by molar-refractivity contribution is 1.03. The summed E-state index contributed by atoms with van der Waals surface area (Å²) in [6, 6.07) is 4.10. The van der Waals surface area contributed by atoms with Gasteiger partial charge in [-0.05, 0) is 12.1 Å². The van der Waals surface area contributed by atoms with Gasteiger partial charge in [-0.1, -0.05) is 0 Å². The molecule has 0 bridgehead atoms. The second-order valence-electron chi connectivity index (χ2n) is 4.12. The number of pyridine rings is 1. The quantitative estimate of drug-likeness (QED) is 0.607. The van der Waals surface area contributed by atoms with Gasteiger partial charge in [0.15, 0.2) is 5.13 Å². The maximum absolute atomic E-state index is 4.61. The lowest BCUT2D eigenvalue weighted by Gasteiger charge is -1.97. The van der Waals surface area contributed by atoms with Crippen LogP contribution in [0.5, 0.6) is 0 Å². The smallest absolute Gasteiger partial charge is 0.195 e. The van der Waals surface area contributed by atoms with Crippen LogP contribution in [0.25, 0.3) is 27.4 Å². The molecule has 1 N–H and O–H groups in total. The van der Waals surface area contributed by atoms with Crippen LogP contribution in [0, 0.1) is 0 Å². The molecule has 0 aliphatic rings. The maximum atomic E-state index is 4.61. The molecule has 4 aromatic heterocycles. The Morgan fingerprint density at radius 3 is 3.21 bits per heavy atom. The first kappa shape index (κ1) is 10.5. The van der Waals surface area contributed by atoms with E-state index in [0.717, 1.165) is 27.4 Å². The number of aromatic nitrogens is 5. The fourth-order valence-electron chi connectivity index (χ4n) is 1.97. The van der Waals surface area contributed by atoms with Crippen molar-refractivity contribution in [1.82, 2.24) is 24.5 Å². The van der Waals surface area contributed by atoms with Crippen LogP contribution in [-0.2, 0) is 0 Å². The van der Waals surface area contributed by atoms with Gasteiger partial charge in [0.05, 0.1) is 5.69 Å². The van der Waals surface area contributed by atoms with Gasteiger partial charge in [0.25, 0.3) is 0 Å². The summed E-state index contributed by atoms with van der Waals surface area (Å²) in [6.45, 7) is 0. The van der Waals surface area contributed by atoms with Crippen LogP contribution in [0.3, 0.4) is 0 Å². The number of imidazole rings is 1. The van der Waals surface area contributed by atoms with E-state index >= 15 is 0 Å². The summed E-state index contributed by atoms with van der Waals surface area (Å²) < 4.78 is 1.90. The van der Waals surface area contributed by atoms with Gasteiger partial charge >= 0.3 is 0 Å². The number of hydrogen-bond donors (Lipinski definition) is 1. The first-order chi connectivity index (χ1) is 9.40. The van der Waals surface area contributed by atoms with E-state index in [4.69, 9.17) is 0 Å². The monoisotopic (exact) mass is 267 g/mol. The van der Waals surface area contributed by atoms with Crippen LogP contribution in [0.2, 0.25) is 0 Å². The highest BCUT2D eigenvalue weighted by Crippen LogP contribution is 2.25. The number of nitrogens with zero attached hydrogens (tertiary/aromatic N) is 4. The SMILES string of the molecule is c1cn(-c2nc(-c3cnc4[nH]ccc4c3)cs2)cn1. The molecule has 92 valence electrons. The van der Waals surface area contributed by atoms with Crippen LogP contribution < -0.4 is 0 Å². The summed E-state index contributed by atoms with van der Waals surface area (Å²) in [5.74, 6) is 0. The zero-order valence-electron chi connectivity index (χ0n) is 9.82. The molecule has 0 fully saturated rings. The van der Waals surface area contributed by atoms with Gasteiger partial charge in [-0.2, -0.15) is 0 Å². The Hall–Kier alpha value is -2.47. The van der Waals surface area contributed by atoms with Gasteiger partial charge in [-0.3, -0.25) is 4.57 Å². The molecule has 5 nitrogen and oxygen atoms in total. The Bertz CT molecular complexity index is 828. The predicted octanol–water partition coefficient (Wildman–Crippen LogP) is 2.87. The van der Waals surface area contributed by atoms with E-state index in [-0.39, 0.29) is 0 Å². The molecule has 0 atom stereocenters. The third-order valence-electron chi connectivity index (χ3n) is 2.91. The predicted molar refractivity (Wildman–Crippen MR) is 74.3 cm³/mol. The number of H-pyrrole nitrogens is 1. The lowest BCUT2D eigenvalue weighted by atomic mass is 10.2. The van der Waals surface area contributed by atoms with Crippen molar-refractivity contribution in [3.8, 4) is 16.4 Å². The fraction of sp³-hybridized carbons (Fsp3) is 0. The Morgan fingerprint density at radius 1 is 1.32 bits per heavy atom. The largest absolute Gasteiger partial charge is 0.346 e. The minimum absolute atomic E-state index is 0.897. The molecule has 0 spiro atoms. The van der Waals surface area contributed by atoms with Crippen LogP contribution in [0.1, 0.15) is 0 Å². The molecule has 0 aliphatic carbocycles. The Morgan fingerprint density at radius 2 is 2.32 bits per heavy atom. The summed E-state index contributed by atoms with van der Waals surface area (Å²) in [5, 5.41) is 4.03. The van der Waals surface area contributed by atoms with Crippen molar-refractivity contribution in [1.29, 1.82) is 0 Å². The van der Waals surface area contributed by atoms with Crippen LogP contribution in [-0.4, -0.2) is 24.5 Å². The van der Waals surface area contributed by atoms with E-state index in [2.05, 4.69) is 26.0 Å². The topological polar surface area (TPSA) is 59.4 Å². The number of hydrogen-bond acceptors (Lipinski definition) is 4. The molecule has 19 heavy (non-hydrogen) atoms. The molecule has 6 heteroatoms. The third kappa shape index (κ3) is 1.73. The van der Waals surface area contributed by atoms with Crippen molar-refractivity contribution < 1.29 is 0 Å². The van der Waals surface area contributed by atoms with Crippen LogP contribution >= 0.6 is 11.3 Å². The van der Waals surface area contributed by atoms with Crippen molar-refractivity contribution in [2.24, 2.45) is 0 Å². The highest BCUT2D eigenvalue weighted by Gasteiger charge is 2.07. The van der Waals surface area contributed by atoms with Crippen LogP contribution in [0.4, 0.5) is 0 Å². The van der Waals surface area contributed by atoms with Gasteiger partial charge in [-0.15, -0.1) is 11.3 Å². The minimum Gasteiger partial charge on any atom is -0.346 e. The molecule has 0 saturated carbocycles. The minimum atomic E-state index is 0.897. The molecule has 0 saturated heterocycles. The molecular weight excluding hydrogens is 258 g/mol. The molecule has 4 heterocycles. The summed E-state index contributed by atoms with van der Waals surface area (Å²) in [4.78, 5) is 16.1. The van der Waals surface area contributed by atoms with Crippen molar-refractivity contribution >= 4 is 22.4 Å². The first-order valence-corrected chi connectivity index (χ1v) is 6.65. The fourth-order valence-corrected chi connectivity index (χ4v) is 2.75. The van der Waals surface area contributed by atoms with Gasteiger partial charge in [0, 0.05) is 41.1 Å². The maximum Gasteiger partial charge on any atom is 0.195 e.